The van der Waals surface area contributed by atoms with Gasteiger partial charge < -0.3 is 15.1 Å². The number of amides is 2. The predicted octanol–water partition coefficient (Wildman–Crippen LogP) is 3.61. The van der Waals surface area contributed by atoms with Crippen molar-refractivity contribution in [2.45, 2.75) is 6.54 Å². The molecular formula is C19H15N5O2. The molecule has 128 valence electrons. The summed E-state index contributed by atoms with van der Waals surface area (Å²) in [5.74, 6) is 0.443. The third-order valence-corrected chi connectivity index (χ3v) is 3.71. The van der Waals surface area contributed by atoms with E-state index in [0.29, 0.717) is 34.9 Å². The Bertz CT molecular complexity index is 1030. The van der Waals surface area contributed by atoms with Gasteiger partial charge in [-0.2, -0.15) is 0 Å². The summed E-state index contributed by atoms with van der Waals surface area (Å²) in [5.41, 5.74) is 3.48. The van der Waals surface area contributed by atoms with E-state index in [4.69, 9.17) is 4.42 Å². The van der Waals surface area contributed by atoms with Gasteiger partial charge in [0.2, 0.25) is 5.89 Å². The molecule has 26 heavy (non-hydrogen) atoms. The Morgan fingerprint density at radius 1 is 1.08 bits per heavy atom. The lowest BCUT2D eigenvalue weighted by atomic mass is 10.3. The second-order valence-electron chi connectivity index (χ2n) is 5.59. The van der Waals surface area contributed by atoms with Gasteiger partial charge >= 0.3 is 6.03 Å². The normalized spacial score (nSPS) is 10.6. The SMILES string of the molecule is O=C(NCc1cccnc1)Nc1ccc2nc(-c3ccccn3)oc2c1. The van der Waals surface area contributed by atoms with Gasteiger partial charge in [0.1, 0.15) is 11.2 Å². The lowest BCUT2D eigenvalue weighted by Crippen LogP contribution is -2.28. The zero-order valence-corrected chi connectivity index (χ0v) is 13.7. The average Bonchev–Trinajstić information content (AvgIpc) is 3.11. The molecular weight excluding hydrogens is 330 g/mol. The topological polar surface area (TPSA) is 92.9 Å². The van der Waals surface area contributed by atoms with Crippen LogP contribution in [0.2, 0.25) is 0 Å². The Labute approximate surface area is 149 Å². The standard InChI is InChI=1S/C19H15N5O2/c25-19(22-12-13-4-3-8-20-11-13)23-14-6-7-15-17(10-14)26-18(24-15)16-5-1-2-9-21-16/h1-11H,12H2,(H2,22,23,25). The largest absolute Gasteiger partial charge is 0.435 e. The van der Waals surface area contributed by atoms with Gasteiger partial charge in [-0.3, -0.25) is 9.97 Å². The Morgan fingerprint density at radius 2 is 2.04 bits per heavy atom. The molecule has 0 bridgehead atoms. The highest BCUT2D eigenvalue weighted by Crippen LogP contribution is 2.25. The van der Waals surface area contributed by atoms with Crippen LogP contribution in [-0.4, -0.2) is 21.0 Å². The number of fused-ring (bicyclic) bond motifs is 1. The van der Waals surface area contributed by atoms with Crippen molar-refractivity contribution in [2.75, 3.05) is 5.32 Å². The minimum Gasteiger partial charge on any atom is -0.435 e. The smallest absolute Gasteiger partial charge is 0.319 e. The molecule has 0 aliphatic carbocycles. The van der Waals surface area contributed by atoms with Gasteiger partial charge in [-0.1, -0.05) is 12.1 Å². The predicted molar refractivity (Wildman–Crippen MR) is 97.3 cm³/mol. The molecule has 1 aromatic carbocycles. The van der Waals surface area contributed by atoms with Gasteiger partial charge in [-0.25, -0.2) is 9.78 Å². The van der Waals surface area contributed by atoms with E-state index in [0.717, 1.165) is 5.56 Å². The van der Waals surface area contributed by atoms with E-state index in [9.17, 15) is 4.79 Å². The maximum absolute atomic E-state index is 12.0. The first-order valence-corrected chi connectivity index (χ1v) is 8.04. The maximum atomic E-state index is 12.0. The molecule has 0 radical (unpaired) electrons. The Hall–Kier alpha value is -3.74. The number of rotatable bonds is 4. The highest BCUT2D eigenvalue weighted by molar-refractivity contribution is 5.91. The van der Waals surface area contributed by atoms with E-state index < -0.39 is 0 Å². The Kier molecular flexibility index (Phi) is 4.26. The molecule has 0 atom stereocenters. The average molecular weight is 345 g/mol. The minimum absolute atomic E-state index is 0.308. The number of hydrogen-bond donors (Lipinski definition) is 2. The maximum Gasteiger partial charge on any atom is 0.319 e. The number of benzene rings is 1. The number of carbonyl (C=O) groups excluding carboxylic acids is 1. The third kappa shape index (κ3) is 3.51. The molecule has 0 unspecified atom stereocenters. The van der Waals surface area contributed by atoms with Gasteiger partial charge in [0.05, 0.1) is 0 Å². The Balaban J connectivity index is 1.46. The van der Waals surface area contributed by atoms with Gasteiger partial charge in [-0.15, -0.1) is 0 Å². The molecule has 0 aliphatic rings. The fourth-order valence-corrected chi connectivity index (χ4v) is 2.46. The first-order chi connectivity index (χ1) is 12.8. The summed E-state index contributed by atoms with van der Waals surface area (Å²) in [6.07, 6.45) is 5.08. The van der Waals surface area contributed by atoms with Crippen molar-refractivity contribution in [3.05, 3.63) is 72.7 Å². The fraction of sp³-hybridized carbons (Fsp3) is 0.0526. The van der Waals surface area contributed by atoms with Crippen LogP contribution in [0.4, 0.5) is 10.5 Å². The number of aromatic nitrogens is 3. The number of nitrogens with one attached hydrogen (secondary N) is 2. The van der Waals surface area contributed by atoms with Crippen molar-refractivity contribution in [1.29, 1.82) is 0 Å². The van der Waals surface area contributed by atoms with Crippen LogP contribution in [0.5, 0.6) is 0 Å². The number of pyridine rings is 2. The second kappa shape index (κ2) is 7.02. The van der Waals surface area contributed by atoms with Crippen LogP contribution in [-0.2, 0) is 6.54 Å². The van der Waals surface area contributed by atoms with E-state index in [-0.39, 0.29) is 6.03 Å². The molecule has 3 aromatic heterocycles. The Morgan fingerprint density at radius 3 is 2.85 bits per heavy atom. The van der Waals surface area contributed by atoms with Crippen molar-refractivity contribution >= 4 is 22.8 Å². The number of carbonyl (C=O) groups is 1. The minimum atomic E-state index is -0.308. The molecule has 2 amide bonds. The van der Waals surface area contributed by atoms with E-state index in [1.54, 1.807) is 36.8 Å². The molecule has 4 aromatic rings. The van der Waals surface area contributed by atoms with Gasteiger partial charge in [-0.05, 0) is 35.9 Å². The van der Waals surface area contributed by atoms with E-state index >= 15 is 0 Å². The summed E-state index contributed by atoms with van der Waals surface area (Å²) in [7, 11) is 0. The molecule has 0 fully saturated rings. The van der Waals surface area contributed by atoms with Crippen LogP contribution in [0.1, 0.15) is 5.56 Å². The quantitative estimate of drug-likeness (QED) is 0.589. The van der Waals surface area contributed by atoms with Crippen molar-refractivity contribution in [3.8, 4) is 11.6 Å². The second-order valence-corrected chi connectivity index (χ2v) is 5.59. The van der Waals surface area contributed by atoms with Crippen molar-refractivity contribution in [1.82, 2.24) is 20.3 Å². The molecule has 3 heterocycles. The number of oxazole rings is 1. The van der Waals surface area contributed by atoms with Crippen LogP contribution in [0.15, 0.2) is 71.5 Å². The van der Waals surface area contributed by atoms with E-state index in [1.807, 2.05) is 30.3 Å². The molecule has 7 nitrogen and oxygen atoms in total. The zero-order chi connectivity index (χ0) is 17.8. The summed E-state index contributed by atoms with van der Waals surface area (Å²) >= 11 is 0. The third-order valence-electron chi connectivity index (χ3n) is 3.71. The number of nitrogens with zero attached hydrogens (tertiary/aromatic N) is 3. The van der Waals surface area contributed by atoms with Crippen LogP contribution in [0, 0.1) is 0 Å². The van der Waals surface area contributed by atoms with E-state index in [1.165, 1.54) is 0 Å². The molecule has 2 N–H and O–H groups in total. The van der Waals surface area contributed by atoms with Crippen LogP contribution in [0.3, 0.4) is 0 Å². The zero-order valence-electron chi connectivity index (χ0n) is 13.7. The van der Waals surface area contributed by atoms with Crippen LogP contribution < -0.4 is 10.6 Å². The molecule has 4 rings (SSSR count). The lowest BCUT2D eigenvalue weighted by molar-refractivity contribution is 0.251. The summed E-state index contributed by atoms with van der Waals surface area (Å²) in [5, 5.41) is 5.56. The monoisotopic (exact) mass is 345 g/mol. The highest BCUT2D eigenvalue weighted by Gasteiger charge is 2.10. The van der Waals surface area contributed by atoms with Crippen LogP contribution >= 0.6 is 0 Å². The molecule has 0 spiro atoms. The first kappa shape index (κ1) is 15.8. The fourth-order valence-electron chi connectivity index (χ4n) is 2.46. The lowest BCUT2D eigenvalue weighted by Gasteiger charge is -2.07. The molecule has 0 aliphatic heterocycles. The summed E-state index contributed by atoms with van der Waals surface area (Å²) in [6, 6.07) is 14.2. The summed E-state index contributed by atoms with van der Waals surface area (Å²) in [6.45, 7) is 0.397. The number of urea groups is 1. The molecule has 0 saturated heterocycles. The summed E-state index contributed by atoms with van der Waals surface area (Å²) in [4.78, 5) is 24.7. The van der Waals surface area contributed by atoms with E-state index in [2.05, 4.69) is 25.6 Å². The van der Waals surface area contributed by atoms with Crippen molar-refractivity contribution in [2.24, 2.45) is 0 Å². The van der Waals surface area contributed by atoms with Gasteiger partial charge in [0.25, 0.3) is 0 Å². The van der Waals surface area contributed by atoms with Crippen molar-refractivity contribution < 1.29 is 9.21 Å². The summed E-state index contributed by atoms with van der Waals surface area (Å²) < 4.78 is 5.75. The van der Waals surface area contributed by atoms with Crippen LogP contribution in [0.25, 0.3) is 22.7 Å². The van der Waals surface area contributed by atoms with Gasteiger partial charge in [0.15, 0.2) is 5.58 Å². The molecule has 0 saturated carbocycles. The number of anilines is 1. The van der Waals surface area contributed by atoms with Gasteiger partial charge in [0, 0.05) is 36.9 Å². The molecule has 7 heteroatoms. The highest BCUT2D eigenvalue weighted by atomic mass is 16.3. The van der Waals surface area contributed by atoms with Crippen molar-refractivity contribution in [3.63, 3.8) is 0 Å². The number of hydrogen-bond acceptors (Lipinski definition) is 5. The first-order valence-electron chi connectivity index (χ1n) is 8.04.